The lowest BCUT2D eigenvalue weighted by Gasteiger charge is -2.06. The molecule has 120 valence electrons. The minimum Gasteiger partial charge on any atom is -0.289 e. The highest BCUT2D eigenvalue weighted by atomic mass is 19.4. The number of hydrogen-bond acceptors (Lipinski definition) is 1. The van der Waals surface area contributed by atoms with Crippen LogP contribution in [-0.4, -0.2) is 5.78 Å². The van der Waals surface area contributed by atoms with Crippen LogP contribution in [0.25, 0.3) is 16.8 Å². The first-order valence-electron chi connectivity index (χ1n) is 7.32. The van der Waals surface area contributed by atoms with E-state index < -0.39 is 11.7 Å². The summed E-state index contributed by atoms with van der Waals surface area (Å²) in [7, 11) is 0. The maximum atomic E-state index is 12.7. The molecule has 0 radical (unpaired) electrons. The summed E-state index contributed by atoms with van der Waals surface area (Å²) in [6, 6.07) is 17.8. The van der Waals surface area contributed by atoms with E-state index in [4.69, 9.17) is 0 Å². The topological polar surface area (TPSA) is 17.1 Å². The number of rotatable bonds is 3. The fourth-order valence-corrected chi connectivity index (χ4v) is 2.43. The lowest BCUT2D eigenvalue weighted by molar-refractivity contribution is -0.137. The Balaban J connectivity index is 1.84. The Kier molecular flexibility index (Phi) is 4.21. The largest absolute Gasteiger partial charge is 0.416 e. The number of allylic oxidation sites excluding steroid dienone is 1. The first-order chi connectivity index (χ1) is 11.4. The van der Waals surface area contributed by atoms with E-state index in [2.05, 4.69) is 0 Å². The molecule has 0 aliphatic carbocycles. The molecule has 0 bridgehead atoms. The van der Waals surface area contributed by atoms with Gasteiger partial charge in [0.2, 0.25) is 0 Å². The monoisotopic (exact) mass is 326 g/mol. The third kappa shape index (κ3) is 3.54. The van der Waals surface area contributed by atoms with Gasteiger partial charge in [-0.25, -0.2) is 0 Å². The quantitative estimate of drug-likeness (QED) is 0.442. The lowest BCUT2D eigenvalue weighted by Crippen LogP contribution is -2.04. The minimum atomic E-state index is -4.40. The zero-order valence-electron chi connectivity index (χ0n) is 12.5. The van der Waals surface area contributed by atoms with E-state index >= 15 is 0 Å². The predicted octanol–water partition coefficient (Wildman–Crippen LogP) is 5.75. The van der Waals surface area contributed by atoms with Crippen molar-refractivity contribution in [2.45, 2.75) is 6.18 Å². The summed E-state index contributed by atoms with van der Waals surface area (Å²) >= 11 is 0. The van der Waals surface area contributed by atoms with Gasteiger partial charge in [0, 0.05) is 5.56 Å². The number of carbonyl (C=O) groups excluding carboxylic acids is 1. The van der Waals surface area contributed by atoms with Gasteiger partial charge in [-0.3, -0.25) is 4.79 Å². The molecule has 0 unspecified atom stereocenters. The molecular weight excluding hydrogens is 313 g/mol. The zero-order chi connectivity index (χ0) is 17.2. The van der Waals surface area contributed by atoms with Crippen LogP contribution in [0, 0.1) is 0 Å². The SMILES string of the molecule is O=C(/C=C/c1cccc(C(F)(F)F)c1)c1ccc2ccccc2c1. The van der Waals surface area contributed by atoms with Crippen LogP contribution in [0.5, 0.6) is 0 Å². The second kappa shape index (κ2) is 6.32. The first-order valence-corrected chi connectivity index (χ1v) is 7.32. The normalized spacial score (nSPS) is 12.0. The zero-order valence-corrected chi connectivity index (χ0v) is 12.5. The van der Waals surface area contributed by atoms with E-state index in [0.717, 1.165) is 22.9 Å². The summed E-state index contributed by atoms with van der Waals surface area (Å²) in [5.41, 5.74) is 0.0960. The van der Waals surface area contributed by atoms with E-state index in [9.17, 15) is 18.0 Å². The van der Waals surface area contributed by atoms with Crippen LogP contribution >= 0.6 is 0 Å². The van der Waals surface area contributed by atoms with E-state index in [1.54, 1.807) is 12.1 Å². The second-order valence-corrected chi connectivity index (χ2v) is 5.38. The Bertz CT molecular complexity index is 923. The Morgan fingerprint density at radius 3 is 2.33 bits per heavy atom. The van der Waals surface area contributed by atoms with Crippen LogP contribution in [0.1, 0.15) is 21.5 Å². The Morgan fingerprint density at radius 2 is 1.58 bits per heavy atom. The number of halogens is 3. The average Bonchev–Trinajstić information content (AvgIpc) is 2.59. The highest BCUT2D eigenvalue weighted by molar-refractivity contribution is 6.08. The summed E-state index contributed by atoms with van der Waals surface area (Å²) in [4.78, 5) is 12.2. The molecule has 0 aliphatic heterocycles. The second-order valence-electron chi connectivity index (χ2n) is 5.38. The van der Waals surface area contributed by atoms with Crippen LogP contribution in [-0.2, 0) is 6.18 Å². The van der Waals surface area contributed by atoms with Crippen molar-refractivity contribution in [2.75, 3.05) is 0 Å². The molecule has 3 aromatic rings. The van der Waals surface area contributed by atoms with Gasteiger partial charge in [0.15, 0.2) is 5.78 Å². The van der Waals surface area contributed by atoms with Gasteiger partial charge in [0.25, 0.3) is 0 Å². The summed E-state index contributed by atoms with van der Waals surface area (Å²) < 4.78 is 38.1. The molecule has 0 saturated heterocycles. The number of ketones is 1. The van der Waals surface area contributed by atoms with Gasteiger partial charge in [-0.15, -0.1) is 0 Å². The predicted molar refractivity (Wildman–Crippen MR) is 88.8 cm³/mol. The van der Waals surface area contributed by atoms with E-state index in [0.29, 0.717) is 11.1 Å². The van der Waals surface area contributed by atoms with E-state index in [-0.39, 0.29) is 5.78 Å². The van der Waals surface area contributed by atoms with Gasteiger partial charge in [0.05, 0.1) is 5.56 Å². The number of benzene rings is 3. The van der Waals surface area contributed by atoms with Gasteiger partial charge >= 0.3 is 6.18 Å². The molecular formula is C20H13F3O. The minimum absolute atomic E-state index is 0.252. The van der Waals surface area contributed by atoms with Crippen molar-refractivity contribution in [1.29, 1.82) is 0 Å². The van der Waals surface area contributed by atoms with Crippen molar-refractivity contribution in [3.05, 3.63) is 89.5 Å². The van der Waals surface area contributed by atoms with E-state index in [1.165, 1.54) is 24.3 Å². The molecule has 3 rings (SSSR count). The highest BCUT2D eigenvalue weighted by Crippen LogP contribution is 2.29. The molecule has 0 saturated carbocycles. The molecule has 0 heterocycles. The van der Waals surface area contributed by atoms with Crippen LogP contribution in [0.3, 0.4) is 0 Å². The molecule has 0 amide bonds. The molecule has 4 heteroatoms. The van der Waals surface area contributed by atoms with Crippen LogP contribution in [0.4, 0.5) is 13.2 Å². The number of carbonyl (C=O) groups is 1. The smallest absolute Gasteiger partial charge is 0.289 e. The van der Waals surface area contributed by atoms with Crippen molar-refractivity contribution in [3.63, 3.8) is 0 Å². The Labute approximate surface area is 137 Å². The van der Waals surface area contributed by atoms with Crippen LogP contribution < -0.4 is 0 Å². The molecule has 1 nitrogen and oxygen atoms in total. The third-order valence-electron chi connectivity index (χ3n) is 3.68. The molecule has 0 atom stereocenters. The summed E-state index contributed by atoms with van der Waals surface area (Å²) in [6.07, 6.45) is -1.71. The summed E-state index contributed by atoms with van der Waals surface area (Å²) in [5.74, 6) is -0.252. The van der Waals surface area contributed by atoms with Gasteiger partial charge in [-0.1, -0.05) is 54.6 Å². The van der Waals surface area contributed by atoms with E-state index in [1.807, 2.05) is 30.3 Å². The fourth-order valence-electron chi connectivity index (χ4n) is 2.43. The standard InChI is InChI=1S/C20H13F3O/c21-20(22,23)18-7-3-4-14(12-18)8-11-19(24)17-10-9-15-5-1-2-6-16(15)13-17/h1-13H/b11-8+. The highest BCUT2D eigenvalue weighted by Gasteiger charge is 2.30. The molecule has 0 aromatic heterocycles. The number of alkyl halides is 3. The van der Waals surface area contributed by atoms with Crippen molar-refractivity contribution >= 4 is 22.6 Å². The number of fused-ring (bicyclic) bond motifs is 1. The van der Waals surface area contributed by atoms with Crippen molar-refractivity contribution in [2.24, 2.45) is 0 Å². The Morgan fingerprint density at radius 1 is 0.833 bits per heavy atom. The van der Waals surface area contributed by atoms with Gasteiger partial charge in [0.1, 0.15) is 0 Å². The molecule has 0 aliphatic rings. The summed E-state index contributed by atoms with van der Waals surface area (Å²) in [5, 5.41) is 1.96. The maximum Gasteiger partial charge on any atom is 0.416 e. The van der Waals surface area contributed by atoms with Gasteiger partial charge < -0.3 is 0 Å². The molecule has 3 aromatic carbocycles. The Hall–Kier alpha value is -2.88. The third-order valence-corrected chi connectivity index (χ3v) is 3.68. The maximum absolute atomic E-state index is 12.7. The van der Waals surface area contributed by atoms with Crippen molar-refractivity contribution in [3.8, 4) is 0 Å². The molecule has 24 heavy (non-hydrogen) atoms. The lowest BCUT2D eigenvalue weighted by atomic mass is 10.0. The van der Waals surface area contributed by atoms with Gasteiger partial charge in [-0.2, -0.15) is 13.2 Å². The molecule has 0 fully saturated rings. The summed E-state index contributed by atoms with van der Waals surface area (Å²) in [6.45, 7) is 0. The molecule has 0 N–H and O–H groups in total. The first kappa shape index (κ1) is 16.0. The molecule has 0 spiro atoms. The van der Waals surface area contributed by atoms with Gasteiger partial charge in [-0.05, 0) is 40.6 Å². The average molecular weight is 326 g/mol. The number of hydrogen-bond donors (Lipinski definition) is 0. The van der Waals surface area contributed by atoms with Crippen molar-refractivity contribution < 1.29 is 18.0 Å². The van der Waals surface area contributed by atoms with Crippen LogP contribution in [0.2, 0.25) is 0 Å². The van der Waals surface area contributed by atoms with Crippen LogP contribution in [0.15, 0.2) is 72.8 Å². The fraction of sp³-hybridized carbons (Fsp3) is 0.0500. The van der Waals surface area contributed by atoms with Crippen molar-refractivity contribution in [1.82, 2.24) is 0 Å².